The molecule has 0 bridgehead atoms. The lowest BCUT2D eigenvalue weighted by Crippen LogP contribution is -2.44. The van der Waals surface area contributed by atoms with Crippen molar-refractivity contribution in [1.29, 1.82) is 0 Å². The van der Waals surface area contributed by atoms with Gasteiger partial charge in [0, 0.05) is 19.3 Å². The molecule has 0 radical (unpaired) electrons. The molecule has 0 spiro atoms. The first-order valence-corrected chi connectivity index (χ1v) is 6.97. The second kappa shape index (κ2) is 4.81. The summed E-state index contributed by atoms with van der Waals surface area (Å²) in [5, 5.41) is 10.4. The number of carboxylic acid groups (broad SMARTS) is 1. The van der Waals surface area contributed by atoms with E-state index in [9.17, 15) is 9.90 Å². The number of hydrogen-bond donors (Lipinski definition) is 1. The summed E-state index contributed by atoms with van der Waals surface area (Å²) >= 11 is 0. The van der Waals surface area contributed by atoms with E-state index in [0.29, 0.717) is 19.3 Å². The fourth-order valence-electron chi connectivity index (χ4n) is 3.00. The third-order valence-corrected chi connectivity index (χ3v) is 4.51. The van der Waals surface area contributed by atoms with Crippen molar-refractivity contribution >= 4 is 22.8 Å². The molecule has 1 aliphatic heterocycles. The number of pyridine rings is 1. The topological polar surface area (TPSA) is 66.6 Å². The molecule has 5 heteroatoms. The molecule has 106 valence electrons. The van der Waals surface area contributed by atoms with Crippen molar-refractivity contribution in [3.8, 4) is 0 Å². The Balaban J connectivity index is 1.85. The van der Waals surface area contributed by atoms with Gasteiger partial charge >= 0.3 is 5.97 Å². The number of furan rings is 1. The molecule has 3 rings (SSSR count). The predicted molar refractivity (Wildman–Crippen MR) is 75.8 cm³/mol. The predicted octanol–water partition coefficient (Wildman–Crippen LogP) is 2.91. The van der Waals surface area contributed by atoms with Crippen molar-refractivity contribution in [2.75, 3.05) is 18.0 Å². The standard InChI is InChI=1S/C15H18N2O3/c1-2-15(14(18)19)5-8-17(9-6-15)13-11-4-10-20-12(11)3-7-16-13/h3-4,7,10H,2,5-6,8-9H2,1H3,(H,18,19). The molecule has 3 heterocycles. The van der Waals surface area contributed by atoms with Crippen LogP contribution in [0.25, 0.3) is 11.0 Å². The maximum absolute atomic E-state index is 11.5. The van der Waals surface area contributed by atoms with E-state index in [4.69, 9.17) is 4.42 Å². The average molecular weight is 274 g/mol. The smallest absolute Gasteiger partial charge is 0.309 e. The summed E-state index contributed by atoms with van der Waals surface area (Å²) in [5.41, 5.74) is 0.251. The third kappa shape index (κ3) is 1.94. The van der Waals surface area contributed by atoms with E-state index in [1.54, 1.807) is 12.5 Å². The van der Waals surface area contributed by atoms with E-state index in [2.05, 4.69) is 9.88 Å². The largest absolute Gasteiger partial charge is 0.481 e. The zero-order valence-corrected chi connectivity index (χ0v) is 11.5. The fourth-order valence-corrected chi connectivity index (χ4v) is 3.00. The van der Waals surface area contributed by atoms with Crippen molar-refractivity contribution in [3.63, 3.8) is 0 Å². The first-order valence-electron chi connectivity index (χ1n) is 6.97. The number of aromatic nitrogens is 1. The van der Waals surface area contributed by atoms with Gasteiger partial charge in [0.25, 0.3) is 0 Å². The summed E-state index contributed by atoms with van der Waals surface area (Å²) in [6, 6.07) is 3.76. The van der Waals surface area contributed by atoms with Crippen LogP contribution in [0, 0.1) is 5.41 Å². The van der Waals surface area contributed by atoms with Gasteiger partial charge in [0.05, 0.1) is 17.1 Å². The van der Waals surface area contributed by atoms with Crippen LogP contribution in [0.4, 0.5) is 5.82 Å². The molecule has 0 aliphatic carbocycles. The first-order chi connectivity index (χ1) is 9.66. The van der Waals surface area contributed by atoms with Crippen LogP contribution >= 0.6 is 0 Å². The van der Waals surface area contributed by atoms with Crippen molar-refractivity contribution in [2.45, 2.75) is 26.2 Å². The number of carbonyl (C=O) groups is 1. The normalized spacial score (nSPS) is 18.4. The lowest BCUT2D eigenvalue weighted by Gasteiger charge is -2.39. The Morgan fingerprint density at radius 1 is 1.45 bits per heavy atom. The SMILES string of the molecule is CCC1(C(=O)O)CCN(c2nccc3occc23)CC1. The number of aliphatic carboxylic acids is 1. The van der Waals surface area contributed by atoms with Gasteiger partial charge in [-0.05, 0) is 31.4 Å². The van der Waals surface area contributed by atoms with Gasteiger partial charge in [0.15, 0.2) is 0 Å². The Morgan fingerprint density at radius 3 is 2.85 bits per heavy atom. The van der Waals surface area contributed by atoms with Crippen LogP contribution in [0.2, 0.25) is 0 Å². The van der Waals surface area contributed by atoms with E-state index >= 15 is 0 Å². The molecule has 1 N–H and O–H groups in total. The molecule has 0 unspecified atom stereocenters. The van der Waals surface area contributed by atoms with Gasteiger partial charge in [0.2, 0.25) is 0 Å². The molecule has 5 nitrogen and oxygen atoms in total. The minimum Gasteiger partial charge on any atom is -0.481 e. The van der Waals surface area contributed by atoms with Crippen LogP contribution < -0.4 is 4.90 Å². The summed E-state index contributed by atoms with van der Waals surface area (Å²) in [7, 11) is 0. The van der Waals surface area contributed by atoms with Crippen LogP contribution in [-0.2, 0) is 4.79 Å². The van der Waals surface area contributed by atoms with Gasteiger partial charge in [0.1, 0.15) is 11.4 Å². The number of hydrogen-bond acceptors (Lipinski definition) is 4. The van der Waals surface area contributed by atoms with Crippen LogP contribution in [0.1, 0.15) is 26.2 Å². The molecule has 0 saturated carbocycles. The third-order valence-electron chi connectivity index (χ3n) is 4.51. The quantitative estimate of drug-likeness (QED) is 0.932. The van der Waals surface area contributed by atoms with E-state index in [1.165, 1.54) is 0 Å². The summed E-state index contributed by atoms with van der Waals surface area (Å²) in [5.74, 6) is 0.223. The number of rotatable bonds is 3. The summed E-state index contributed by atoms with van der Waals surface area (Å²) in [6.07, 6.45) is 5.40. The molecule has 2 aromatic rings. The Hall–Kier alpha value is -2.04. The number of fused-ring (bicyclic) bond motifs is 1. The van der Waals surface area contributed by atoms with Crippen molar-refractivity contribution in [3.05, 3.63) is 24.6 Å². The lowest BCUT2D eigenvalue weighted by atomic mass is 9.76. The van der Waals surface area contributed by atoms with Crippen LogP contribution in [0.5, 0.6) is 0 Å². The number of piperidine rings is 1. The summed E-state index contributed by atoms with van der Waals surface area (Å²) in [6.45, 7) is 3.40. The second-order valence-corrected chi connectivity index (χ2v) is 5.39. The Kier molecular flexibility index (Phi) is 3.12. The van der Waals surface area contributed by atoms with Gasteiger partial charge in [-0.25, -0.2) is 4.98 Å². The number of anilines is 1. The van der Waals surface area contributed by atoms with Crippen LogP contribution in [-0.4, -0.2) is 29.1 Å². The minimum absolute atomic E-state index is 0.569. The maximum Gasteiger partial charge on any atom is 0.309 e. The van der Waals surface area contributed by atoms with Gasteiger partial charge < -0.3 is 14.4 Å². The van der Waals surface area contributed by atoms with E-state index in [-0.39, 0.29) is 0 Å². The lowest BCUT2D eigenvalue weighted by molar-refractivity contribution is -0.150. The molecular formula is C15H18N2O3. The second-order valence-electron chi connectivity index (χ2n) is 5.39. The molecule has 1 saturated heterocycles. The highest BCUT2D eigenvalue weighted by Gasteiger charge is 2.40. The van der Waals surface area contributed by atoms with Gasteiger partial charge in [-0.15, -0.1) is 0 Å². The maximum atomic E-state index is 11.5. The highest BCUT2D eigenvalue weighted by molar-refractivity contribution is 5.88. The molecule has 20 heavy (non-hydrogen) atoms. The Morgan fingerprint density at radius 2 is 2.20 bits per heavy atom. The van der Waals surface area contributed by atoms with Crippen molar-refractivity contribution < 1.29 is 14.3 Å². The van der Waals surface area contributed by atoms with Gasteiger partial charge in [-0.2, -0.15) is 0 Å². The van der Waals surface area contributed by atoms with E-state index < -0.39 is 11.4 Å². The Labute approximate surface area is 117 Å². The molecule has 0 amide bonds. The molecule has 1 fully saturated rings. The zero-order chi connectivity index (χ0) is 14.2. The molecule has 1 aliphatic rings. The Bertz CT molecular complexity index is 627. The van der Waals surface area contributed by atoms with Gasteiger partial charge in [-0.3, -0.25) is 4.79 Å². The molecule has 0 atom stereocenters. The van der Waals surface area contributed by atoms with Crippen LogP contribution in [0.15, 0.2) is 29.0 Å². The molecule has 2 aromatic heterocycles. The minimum atomic E-state index is -0.672. The van der Waals surface area contributed by atoms with Crippen LogP contribution in [0.3, 0.4) is 0 Å². The summed E-state index contributed by atoms with van der Waals surface area (Å²) in [4.78, 5) is 18.1. The zero-order valence-electron chi connectivity index (χ0n) is 11.5. The first kappa shape index (κ1) is 13.0. The molecule has 0 aromatic carbocycles. The average Bonchev–Trinajstić information content (AvgIpc) is 2.95. The van der Waals surface area contributed by atoms with Gasteiger partial charge in [-0.1, -0.05) is 6.92 Å². The van der Waals surface area contributed by atoms with Crippen molar-refractivity contribution in [1.82, 2.24) is 4.98 Å². The fraction of sp³-hybridized carbons (Fsp3) is 0.467. The highest BCUT2D eigenvalue weighted by Crippen LogP contribution is 2.37. The highest BCUT2D eigenvalue weighted by atomic mass is 16.4. The summed E-state index contributed by atoms with van der Waals surface area (Å²) < 4.78 is 5.39. The number of nitrogens with zero attached hydrogens (tertiary/aromatic N) is 2. The number of carboxylic acids is 1. The molecular weight excluding hydrogens is 256 g/mol. The monoisotopic (exact) mass is 274 g/mol. The van der Waals surface area contributed by atoms with E-state index in [0.717, 1.165) is 29.9 Å². The van der Waals surface area contributed by atoms with E-state index in [1.807, 2.05) is 19.1 Å². The van der Waals surface area contributed by atoms with Crippen molar-refractivity contribution in [2.24, 2.45) is 5.41 Å².